The van der Waals surface area contributed by atoms with Crippen molar-refractivity contribution in [3.05, 3.63) is 58.5 Å². The topological polar surface area (TPSA) is 94.2 Å². The number of ether oxygens (including phenoxy) is 3. The molecule has 0 radical (unpaired) electrons. The van der Waals surface area contributed by atoms with Crippen molar-refractivity contribution in [2.45, 2.75) is 13.3 Å². The number of para-hydroxylation sites is 1. The highest BCUT2D eigenvalue weighted by Gasteiger charge is 2.34. The Hall–Kier alpha value is -3.30. The van der Waals surface area contributed by atoms with Gasteiger partial charge in [0.2, 0.25) is 0 Å². The standard InChI is InChI=1S/C24H26N2O6S/c1-16-8-10-18(11-9-16)25-21(27)15-32-22-17(6-4-7-19(22)31-3)14-20-23(28)26(24(29)33-20)12-5-13-30-2/h4,6-11,14H,5,12-13,15H2,1-3H3,(H,25,27)/b20-14+. The monoisotopic (exact) mass is 470 g/mol. The van der Waals surface area contributed by atoms with Crippen molar-refractivity contribution in [1.29, 1.82) is 0 Å². The first-order valence-electron chi connectivity index (χ1n) is 10.3. The summed E-state index contributed by atoms with van der Waals surface area (Å²) in [5.74, 6) is 0.0117. The Labute approximate surface area is 196 Å². The highest BCUT2D eigenvalue weighted by molar-refractivity contribution is 8.18. The number of thioether (sulfide) groups is 1. The molecule has 1 aliphatic heterocycles. The molecule has 0 aromatic heterocycles. The Morgan fingerprint density at radius 1 is 1.12 bits per heavy atom. The lowest BCUT2D eigenvalue weighted by Gasteiger charge is -2.14. The van der Waals surface area contributed by atoms with Crippen molar-refractivity contribution >= 4 is 40.6 Å². The summed E-state index contributed by atoms with van der Waals surface area (Å²) in [6.45, 7) is 2.45. The molecule has 174 valence electrons. The van der Waals surface area contributed by atoms with E-state index in [9.17, 15) is 14.4 Å². The van der Waals surface area contributed by atoms with E-state index in [1.807, 2.05) is 31.2 Å². The Bertz CT molecular complexity index is 1050. The first-order valence-corrected chi connectivity index (χ1v) is 11.1. The SMILES string of the molecule is COCCCN1C(=O)S/C(=C/c2cccc(OC)c2OCC(=O)Nc2ccc(C)cc2)C1=O. The first-order chi connectivity index (χ1) is 15.9. The number of hydrogen-bond acceptors (Lipinski definition) is 7. The van der Waals surface area contributed by atoms with Crippen molar-refractivity contribution in [3.63, 3.8) is 0 Å². The molecule has 1 heterocycles. The predicted molar refractivity (Wildman–Crippen MR) is 127 cm³/mol. The summed E-state index contributed by atoms with van der Waals surface area (Å²) in [7, 11) is 3.06. The van der Waals surface area contributed by atoms with Crippen LogP contribution in [0.2, 0.25) is 0 Å². The van der Waals surface area contributed by atoms with Crippen LogP contribution in [0.5, 0.6) is 11.5 Å². The van der Waals surface area contributed by atoms with Crippen molar-refractivity contribution in [2.24, 2.45) is 0 Å². The lowest BCUT2D eigenvalue weighted by molar-refractivity contribution is -0.123. The van der Waals surface area contributed by atoms with Crippen molar-refractivity contribution < 1.29 is 28.6 Å². The van der Waals surface area contributed by atoms with Gasteiger partial charge in [0.25, 0.3) is 17.1 Å². The Morgan fingerprint density at radius 3 is 2.58 bits per heavy atom. The lowest BCUT2D eigenvalue weighted by Crippen LogP contribution is -2.29. The molecule has 2 aromatic rings. The van der Waals surface area contributed by atoms with Crippen LogP contribution in [0, 0.1) is 6.92 Å². The fourth-order valence-electron chi connectivity index (χ4n) is 3.13. The second kappa shape index (κ2) is 11.5. The van der Waals surface area contributed by atoms with Crippen LogP contribution in [0.4, 0.5) is 10.5 Å². The average Bonchev–Trinajstić information content (AvgIpc) is 3.07. The minimum atomic E-state index is -0.369. The van der Waals surface area contributed by atoms with Gasteiger partial charge in [-0.1, -0.05) is 29.8 Å². The second-order valence-corrected chi connectivity index (χ2v) is 8.25. The van der Waals surface area contributed by atoms with Gasteiger partial charge in [-0.3, -0.25) is 19.3 Å². The normalized spacial score (nSPS) is 14.6. The number of benzene rings is 2. The van der Waals surface area contributed by atoms with Gasteiger partial charge in [0, 0.05) is 31.5 Å². The molecular formula is C24H26N2O6S. The van der Waals surface area contributed by atoms with Crippen molar-refractivity contribution in [3.8, 4) is 11.5 Å². The van der Waals surface area contributed by atoms with Crippen LogP contribution in [0.25, 0.3) is 6.08 Å². The van der Waals surface area contributed by atoms with Gasteiger partial charge in [-0.05, 0) is 49.4 Å². The summed E-state index contributed by atoms with van der Waals surface area (Å²) in [5.41, 5.74) is 2.28. The van der Waals surface area contributed by atoms with Gasteiger partial charge < -0.3 is 19.5 Å². The molecule has 0 unspecified atom stereocenters. The number of imide groups is 1. The van der Waals surface area contributed by atoms with Crippen molar-refractivity contribution in [1.82, 2.24) is 4.90 Å². The van der Waals surface area contributed by atoms with Gasteiger partial charge in [-0.25, -0.2) is 0 Å². The highest BCUT2D eigenvalue weighted by atomic mass is 32.2. The number of carbonyl (C=O) groups is 3. The molecule has 1 aliphatic rings. The van der Waals surface area contributed by atoms with Gasteiger partial charge in [0.1, 0.15) is 0 Å². The van der Waals surface area contributed by atoms with Crippen LogP contribution in [0.1, 0.15) is 17.5 Å². The number of aryl methyl sites for hydroxylation is 1. The molecule has 3 amide bonds. The number of anilines is 1. The van der Waals surface area contributed by atoms with Gasteiger partial charge >= 0.3 is 0 Å². The van der Waals surface area contributed by atoms with Gasteiger partial charge in [-0.15, -0.1) is 0 Å². The maximum absolute atomic E-state index is 12.7. The van der Waals surface area contributed by atoms with Crippen LogP contribution < -0.4 is 14.8 Å². The van der Waals surface area contributed by atoms with Crippen LogP contribution in [0.3, 0.4) is 0 Å². The molecule has 1 fully saturated rings. The largest absolute Gasteiger partial charge is 0.493 e. The molecule has 33 heavy (non-hydrogen) atoms. The fraction of sp³-hybridized carbons (Fsp3) is 0.292. The summed E-state index contributed by atoms with van der Waals surface area (Å²) in [5, 5.41) is 2.44. The average molecular weight is 471 g/mol. The van der Waals surface area contributed by atoms with E-state index in [1.54, 1.807) is 31.4 Å². The summed E-state index contributed by atoms with van der Waals surface area (Å²) < 4.78 is 16.1. The zero-order chi connectivity index (χ0) is 23.8. The fourth-order valence-corrected chi connectivity index (χ4v) is 3.99. The molecule has 0 aliphatic carbocycles. The third-order valence-corrected chi connectivity index (χ3v) is 5.71. The number of methoxy groups -OCH3 is 2. The van der Waals surface area contributed by atoms with Crippen LogP contribution >= 0.6 is 11.8 Å². The molecule has 3 rings (SSSR count). The van der Waals surface area contributed by atoms with Crippen molar-refractivity contribution in [2.75, 3.05) is 39.3 Å². The number of hydrogen-bond donors (Lipinski definition) is 1. The first kappa shape index (κ1) is 24.3. The Morgan fingerprint density at radius 2 is 1.88 bits per heavy atom. The van der Waals surface area contributed by atoms with Crippen LogP contribution in [0.15, 0.2) is 47.4 Å². The lowest BCUT2D eigenvalue weighted by atomic mass is 10.1. The summed E-state index contributed by atoms with van der Waals surface area (Å²) >= 11 is 0.866. The molecule has 8 nitrogen and oxygen atoms in total. The molecule has 0 spiro atoms. The molecular weight excluding hydrogens is 444 g/mol. The van der Waals surface area contributed by atoms with E-state index >= 15 is 0 Å². The van der Waals surface area contributed by atoms with Gasteiger partial charge in [-0.2, -0.15) is 0 Å². The third-order valence-electron chi connectivity index (χ3n) is 4.80. The van der Waals surface area contributed by atoms with E-state index in [-0.39, 0.29) is 35.1 Å². The van der Waals surface area contributed by atoms with E-state index in [0.717, 1.165) is 17.3 Å². The van der Waals surface area contributed by atoms with E-state index in [2.05, 4.69) is 5.32 Å². The highest BCUT2D eigenvalue weighted by Crippen LogP contribution is 2.37. The van der Waals surface area contributed by atoms with E-state index in [4.69, 9.17) is 14.2 Å². The molecule has 1 N–H and O–H groups in total. The van der Waals surface area contributed by atoms with E-state index in [1.165, 1.54) is 12.0 Å². The van der Waals surface area contributed by atoms with Gasteiger partial charge in [0.05, 0.1) is 12.0 Å². The number of carbonyl (C=O) groups excluding carboxylic acids is 3. The summed E-state index contributed by atoms with van der Waals surface area (Å²) in [4.78, 5) is 38.8. The summed E-state index contributed by atoms with van der Waals surface area (Å²) in [6, 6.07) is 12.6. The number of amides is 3. The minimum Gasteiger partial charge on any atom is -0.493 e. The second-order valence-electron chi connectivity index (χ2n) is 7.26. The Kier molecular flexibility index (Phi) is 8.51. The number of rotatable bonds is 10. The van der Waals surface area contributed by atoms with E-state index in [0.29, 0.717) is 35.8 Å². The summed E-state index contributed by atoms with van der Waals surface area (Å²) in [6.07, 6.45) is 2.14. The number of nitrogens with zero attached hydrogens (tertiary/aromatic N) is 1. The molecule has 0 atom stereocenters. The molecule has 0 saturated carbocycles. The third kappa shape index (κ3) is 6.36. The smallest absolute Gasteiger partial charge is 0.293 e. The quantitative estimate of drug-likeness (QED) is 0.413. The van der Waals surface area contributed by atoms with Gasteiger partial charge in [0.15, 0.2) is 18.1 Å². The molecule has 2 aromatic carbocycles. The molecule has 1 saturated heterocycles. The zero-order valence-corrected chi connectivity index (χ0v) is 19.6. The molecule has 9 heteroatoms. The van der Waals surface area contributed by atoms with E-state index < -0.39 is 0 Å². The molecule has 0 bridgehead atoms. The predicted octanol–water partition coefficient (Wildman–Crippen LogP) is 4.09. The minimum absolute atomic E-state index is 0.256. The zero-order valence-electron chi connectivity index (χ0n) is 18.8. The van der Waals surface area contributed by atoms with Crippen LogP contribution in [-0.2, 0) is 14.3 Å². The Balaban J connectivity index is 1.74. The maximum Gasteiger partial charge on any atom is 0.293 e. The van der Waals surface area contributed by atoms with Crippen LogP contribution in [-0.4, -0.2) is 55.9 Å². The maximum atomic E-state index is 12.7. The number of nitrogens with one attached hydrogen (secondary N) is 1.